The molecule has 0 aromatic heterocycles. The lowest BCUT2D eigenvalue weighted by molar-refractivity contribution is -0.135. The molecule has 1 fully saturated rings. The molecule has 1 unspecified atom stereocenters. The second-order valence-electron chi connectivity index (χ2n) is 7.56. The molecule has 2 aromatic carbocycles. The Morgan fingerprint density at radius 2 is 1.76 bits per heavy atom. The Labute approximate surface area is 164 Å². The van der Waals surface area contributed by atoms with Gasteiger partial charge >= 0.3 is 0 Å². The van der Waals surface area contributed by atoms with E-state index in [4.69, 9.17) is 0 Å². The number of alkyl halides is 2. The van der Waals surface area contributed by atoms with Crippen LogP contribution in [0.3, 0.4) is 0 Å². The van der Waals surface area contributed by atoms with Crippen molar-refractivity contribution in [2.45, 2.75) is 43.2 Å². The molecule has 2 aromatic rings. The highest BCUT2D eigenvalue weighted by Gasteiger charge is 2.53. The van der Waals surface area contributed by atoms with Crippen molar-refractivity contribution in [3.05, 3.63) is 65.2 Å². The molecule has 0 saturated heterocycles. The van der Waals surface area contributed by atoms with Gasteiger partial charge in [-0.15, -0.1) is 0 Å². The molecule has 0 spiro atoms. The van der Waals surface area contributed by atoms with Crippen LogP contribution in [0.2, 0.25) is 0 Å². The Bertz CT molecular complexity index is 953. The van der Waals surface area contributed by atoms with E-state index in [-0.39, 0.29) is 12.1 Å². The quantitative estimate of drug-likeness (QED) is 0.608. The summed E-state index contributed by atoms with van der Waals surface area (Å²) >= 11 is 0. The normalized spacial score (nSPS) is 22.5. The number of nitrogens with one attached hydrogen (secondary N) is 1. The van der Waals surface area contributed by atoms with E-state index in [2.05, 4.69) is 5.32 Å². The van der Waals surface area contributed by atoms with Gasteiger partial charge < -0.3 is 5.32 Å². The first kappa shape index (κ1) is 19.4. The second kappa shape index (κ2) is 6.86. The topological polar surface area (TPSA) is 49.4 Å². The molecule has 1 atom stereocenters. The number of anilines is 1. The number of aryl methyl sites for hydroxylation is 1. The Hall–Kier alpha value is -2.90. The van der Waals surface area contributed by atoms with Crippen LogP contribution in [-0.4, -0.2) is 24.3 Å². The molecule has 1 N–H and O–H groups in total. The molecule has 0 bridgehead atoms. The first-order valence-electron chi connectivity index (χ1n) is 9.23. The van der Waals surface area contributed by atoms with E-state index in [0.29, 0.717) is 24.5 Å². The van der Waals surface area contributed by atoms with Gasteiger partial charge in [0, 0.05) is 24.9 Å². The number of carbonyl (C=O) groups excluding carboxylic acids is 2. The first-order chi connectivity index (χ1) is 13.7. The molecular formula is C21H18F4N2O2. The molecule has 2 aliphatic rings. The van der Waals surface area contributed by atoms with Gasteiger partial charge in [-0.25, -0.2) is 17.6 Å². The van der Waals surface area contributed by atoms with E-state index in [1.165, 1.54) is 0 Å². The first-order valence-corrected chi connectivity index (χ1v) is 9.23. The lowest BCUT2D eigenvalue weighted by Crippen LogP contribution is -2.60. The fourth-order valence-electron chi connectivity index (χ4n) is 4.31. The minimum absolute atomic E-state index is 0.122. The van der Waals surface area contributed by atoms with Crippen LogP contribution in [-0.2, 0) is 21.5 Å². The molecule has 8 heteroatoms. The maximum Gasteiger partial charge on any atom is 0.252 e. The minimum atomic E-state index is -2.82. The highest BCUT2D eigenvalue weighted by Crippen LogP contribution is 2.45. The third kappa shape index (κ3) is 3.26. The third-order valence-corrected chi connectivity index (χ3v) is 5.66. The summed E-state index contributed by atoms with van der Waals surface area (Å²) in [6, 6.07) is 8.82. The van der Waals surface area contributed by atoms with Gasteiger partial charge in [-0.3, -0.25) is 14.5 Å². The van der Waals surface area contributed by atoms with Crippen molar-refractivity contribution in [1.82, 2.24) is 5.32 Å². The van der Waals surface area contributed by atoms with Crippen LogP contribution >= 0.6 is 0 Å². The Morgan fingerprint density at radius 3 is 2.38 bits per heavy atom. The predicted octanol–water partition coefficient (Wildman–Crippen LogP) is 3.68. The summed E-state index contributed by atoms with van der Waals surface area (Å²) < 4.78 is 54.1. The number of amides is 2. The highest BCUT2D eigenvalue weighted by molar-refractivity contribution is 5.98. The van der Waals surface area contributed by atoms with E-state index in [9.17, 15) is 27.2 Å². The molecule has 29 heavy (non-hydrogen) atoms. The SMILES string of the molecule is O=CN(c1cc(F)cc(F)c1)C1(C(=O)NC2CC(F)(F)C2)CCc2ccccc21. The molecule has 0 heterocycles. The number of carbonyl (C=O) groups is 2. The summed E-state index contributed by atoms with van der Waals surface area (Å²) in [6.07, 6.45) is 0.00823. The van der Waals surface area contributed by atoms with Gasteiger partial charge in [0.15, 0.2) is 5.54 Å². The number of hydrogen-bond donors (Lipinski definition) is 1. The van der Waals surface area contributed by atoms with Crippen molar-refractivity contribution in [2.75, 3.05) is 4.90 Å². The maximum atomic E-state index is 13.8. The van der Waals surface area contributed by atoms with Crippen molar-refractivity contribution < 1.29 is 27.2 Å². The van der Waals surface area contributed by atoms with Crippen molar-refractivity contribution in [2.24, 2.45) is 0 Å². The zero-order valence-electron chi connectivity index (χ0n) is 15.3. The van der Waals surface area contributed by atoms with Gasteiger partial charge in [-0.05, 0) is 36.1 Å². The fraction of sp³-hybridized carbons (Fsp3) is 0.333. The molecule has 4 nitrogen and oxygen atoms in total. The predicted molar refractivity (Wildman–Crippen MR) is 97.5 cm³/mol. The molecule has 1 saturated carbocycles. The van der Waals surface area contributed by atoms with Crippen molar-refractivity contribution in [1.29, 1.82) is 0 Å². The van der Waals surface area contributed by atoms with E-state index >= 15 is 0 Å². The number of fused-ring (bicyclic) bond motifs is 1. The van der Waals surface area contributed by atoms with Gasteiger partial charge in [0.25, 0.3) is 11.8 Å². The summed E-state index contributed by atoms with van der Waals surface area (Å²) in [5.41, 5.74) is -0.377. The number of nitrogens with zero attached hydrogens (tertiary/aromatic N) is 1. The largest absolute Gasteiger partial charge is 0.351 e. The van der Waals surface area contributed by atoms with Crippen LogP contribution in [0.4, 0.5) is 23.2 Å². The third-order valence-electron chi connectivity index (χ3n) is 5.66. The van der Waals surface area contributed by atoms with Crippen LogP contribution in [0.15, 0.2) is 42.5 Å². The molecule has 2 amide bonds. The van der Waals surface area contributed by atoms with E-state index in [1.54, 1.807) is 24.3 Å². The maximum absolute atomic E-state index is 13.8. The number of rotatable bonds is 5. The number of halogens is 4. The molecule has 2 aliphatic carbocycles. The van der Waals surface area contributed by atoms with Gasteiger partial charge in [0.05, 0.1) is 5.69 Å². The summed E-state index contributed by atoms with van der Waals surface area (Å²) in [7, 11) is 0. The van der Waals surface area contributed by atoms with Gasteiger partial charge in [-0.2, -0.15) is 0 Å². The fourth-order valence-corrected chi connectivity index (χ4v) is 4.31. The lowest BCUT2D eigenvalue weighted by Gasteiger charge is -2.42. The lowest BCUT2D eigenvalue weighted by atomic mass is 9.84. The van der Waals surface area contributed by atoms with Crippen LogP contribution in [0.25, 0.3) is 0 Å². The zero-order valence-corrected chi connectivity index (χ0v) is 15.3. The average molecular weight is 406 g/mol. The summed E-state index contributed by atoms with van der Waals surface area (Å²) in [6.45, 7) is 0. The van der Waals surface area contributed by atoms with E-state index in [0.717, 1.165) is 22.6 Å². The standard InChI is InChI=1S/C21H18F4N2O2/c22-14-7-15(23)9-17(8-14)27(12-28)21(6-5-13-3-1-2-4-18(13)21)19(29)26-16-10-20(24,25)11-16/h1-4,7-9,12,16H,5-6,10-11H2,(H,26,29). The van der Waals surface area contributed by atoms with Crippen LogP contribution in [0, 0.1) is 11.6 Å². The molecule has 4 rings (SSSR count). The smallest absolute Gasteiger partial charge is 0.252 e. The number of hydrogen-bond acceptors (Lipinski definition) is 2. The Kier molecular flexibility index (Phi) is 4.59. The highest BCUT2D eigenvalue weighted by atomic mass is 19.3. The Balaban J connectivity index is 1.78. The van der Waals surface area contributed by atoms with Crippen LogP contribution in [0.1, 0.15) is 30.4 Å². The molecular weight excluding hydrogens is 388 g/mol. The molecule has 0 aliphatic heterocycles. The van der Waals surface area contributed by atoms with E-state index in [1.807, 2.05) is 0 Å². The average Bonchev–Trinajstić information content (AvgIpc) is 3.01. The van der Waals surface area contributed by atoms with Crippen molar-refractivity contribution >= 4 is 18.0 Å². The van der Waals surface area contributed by atoms with Crippen LogP contribution < -0.4 is 10.2 Å². The van der Waals surface area contributed by atoms with Crippen molar-refractivity contribution in [3.63, 3.8) is 0 Å². The Morgan fingerprint density at radius 1 is 1.10 bits per heavy atom. The van der Waals surface area contributed by atoms with E-state index < -0.39 is 47.9 Å². The second-order valence-corrected chi connectivity index (χ2v) is 7.56. The minimum Gasteiger partial charge on any atom is -0.351 e. The zero-order chi connectivity index (χ0) is 20.8. The summed E-state index contributed by atoms with van der Waals surface area (Å²) in [5.74, 6) is -5.26. The summed E-state index contributed by atoms with van der Waals surface area (Å²) in [5, 5.41) is 2.60. The molecule has 0 radical (unpaired) electrons. The number of benzene rings is 2. The van der Waals surface area contributed by atoms with Gasteiger partial charge in [-0.1, -0.05) is 24.3 Å². The van der Waals surface area contributed by atoms with Gasteiger partial charge in [0.2, 0.25) is 6.41 Å². The van der Waals surface area contributed by atoms with Crippen molar-refractivity contribution in [3.8, 4) is 0 Å². The van der Waals surface area contributed by atoms with Crippen LogP contribution in [0.5, 0.6) is 0 Å². The summed E-state index contributed by atoms with van der Waals surface area (Å²) in [4.78, 5) is 26.4. The van der Waals surface area contributed by atoms with Gasteiger partial charge in [0.1, 0.15) is 11.6 Å². The monoisotopic (exact) mass is 406 g/mol. The molecule has 152 valence electrons.